The van der Waals surface area contributed by atoms with Gasteiger partial charge in [-0.3, -0.25) is 4.79 Å². The molecular formula is C19H16N4O3. The number of carbonyl (C=O) groups is 1. The summed E-state index contributed by atoms with van der Waals surface area (Å²) in [5, 5.41) is 17.2. The minimum Gasteiger partial charge on any atom is -0.508 e. The molecule has 3 heterocycles. The van der Waals surface area contributed by atoms with Gasteiger partial charge in [0.05, 0.1) is 6.26 Å². The normalized spacial score (nSPS) is 21.9. The Morgan fingerprint density at radius 1 is 1.19 bits per heavy atom. The molecule has 0 fully saturated rings. The number of anilines is 1. The van der Waals surface area contributed by atoms with Gasteiger partial charge < -0.3 is 14.8 Å². The number of rotatable bonds is 2. The molecular weight excluding hydrogens is 332 g/mol. The SMILES string of the molecule is O=C1C[C@H](c2ccco2)CC2=C1[C@H](c1ccc(O)cc1)n1ncnc1N2. The Morgan fingerprint density at radius 2 is 2.04 bits per heavy atom. The van der Waals surface area contributed by atoms with Crippen LogP contribution in [0, 0.1) is 0 Å². The molecule has 7 nitrogen and oxygen atoms in total. The van der Waals surface area contributed by atoms with Gasteiger partial charge in [-0.05, 0) is 36.2 Å². The average molecular weight is 348 g/mol. The van der Waals surface area contributed by atoms with E-state index in [9.17, 15) is 9.90 Å². The average Bonchev–Trinajstić information content (AvgIpc) is 3.32. The van der Waals surface area contributed by atoms with E-state index in [0.29, 0.717) is 24.4 Å². The van der Waals surface area contributed by atoms with Crippen molar-refractivity contribution in [2.45, 2.75) is 24.8 Å². The fraction of sp³-hybridized carbons (Fsp3) is 0.211. The molecule has 2 N–H and O–H groups in total. The lowest BCUT2D eigenvalue weighted by molar-refractivity contribution is -0.117. The van der Waals surface area contributed by atoms with Crippen molar-refractivity contribution in [3.8, 4) is 5.75 Å². The van der Waals surface area contributed by atoms with Crippen molar-refractivity contribution < 1.29 is 14.3 Å². The summed E-state index contributed by atoms with van der Waals surface area (Å²) in [4.78, 5) is 17.3. The first kappa shape index (κ1) is 14.9. The van der Waals surface area contributed by atoms with Gasteiger partial charge in [0.25, 0.3) is 0 Å². The van der Waals surface area contributed by atoms with Crippen molar-refractivity contribution >= 4 is 11.7 Å². The van der Waals surface area contributed by atoms with E-state index < -0.39 is 0 Å². The molecule has 130 valence electrons. The zero-order valence-electron chi connectivity index (χ0n) is 13.8. The Kier molecular flexibility index (Phi) is 3.21. The maximum Gasteiger partial charge on any atom is 0.226 e. The number of aromatic hydroxyl groups is 1. The number of benzene rings is 1. The van der Waals surface area contributed by atoms with Gasteiger partial charge in [-0.15, -0.1) is 0 Å². The highest BCUT2D eigenvalue weighted by Crippen LogP contribution is 2.43. The molecule has 0 bridgehead atoms. The molecule has 0 radical (unpaired) electrons. The molecule has 26 heavy (non-hydrogen) atoms. The van der Waals surface area contributed by atoms with Crippen LogP contribution >= 0.6 is 0 Å². The topological polar surface area (TPSA) is 93.2 Å². The largest absolute Gasteiger partial charge is 0.508 e. The van der Waals surface area contributed by atoms with Crippen LogP contribution in [0.2, 0.25) is 0 Å². The molecule has 2 aliphatic rings. The number of carbonyl (C=O) groups excluding carboxylic acids is 1. The van der Waals surface area contributed by atoms with E-state index in [0.717, 1.165) is 17.0 Å². The van der Waals surface area contributed by atoms with Crippen LogP contribution in [-0.4, -0.2) is 25.7 Å². The number of furan rings is 1. The second-order valence-electron chi connectivity index (χ2n) is 6.58. The predicted molar refractivity (Wildman–Crippen MR) is 92.6 cm³/mol. The zero-order valence-corrected chi connectivity index (χ0v) is 13.8. The van der Waals surface area contributed by atoms with Gasteiger partial charge in [0, 0.05) is 23.6 Å². The van der Waals surface area contributed by atoms with Crippen molar-refractivity contribution in [2.75, 3.05) is 5.32 Å². The zero-order chi connectivity index (χ0) is 17.7. The number of nitrogens with zero attached hydrogens (tertiary/aromatic N) is 3. The fourth-order valence-electron chi connectivity index (χ4n) is 3.84. The highest BCUT2D eigenvalue weighted by Gasteiger charge is 2.39. The highest BCUT2D eigenvalue weighted by atomic mass is 16.3. The summed E-state index contributed by atoms with van der Waals surface area (Å²) in [7, 11) is 0. The Morgan fingerprint density at radius 3 is 2.81 bits per heavy atom. The third-order valence-corrected chi connectivity index (χ3v) is 5.02. The van der Waals surface area contributed by atoms with Crippen LogP contribution in [0.25, 0.3) is 0 Å². The minimum atomic E-state index is -0.352. The summed E-state index contributed by atoms with van der Waals surface area (Å²) >= 11 is 0. The lowest BCUT2D eigenvalue weighted by atomic mass is 9.79. The third-order valence-electron chi connectivity index (χ3n) is 5.02. The molecule has 1 aromatic carbocycles. The number of phenolic OH excluding ortho intramolecular Hbond substituents is 1. The fourth-order valence-corrected chi connectivity index (χ4v) is 3.84. The molecule has 0 amide bonds. The third kappa shape index (κ3) is 2.24. The molecule has 0 spiro atoms. The number of Topliss-reactive ketones (excluding diaryl/α,β-unsaturated/α-hetero) is 1. The smallest absolute Gasteiger partial charge is 0.226 e. The maximum absolute atomic E-state index is 13.1. The van der Waals surface area contributed by atoms with Gasteiger partial charge in [0.15, 0.2) is 5.78 Å². The number of allylic oxidation sites excluding steroid dienone is 2. The second-order valence-corrected chi connectivity index (χ2v) is 6.58. The number of fused-ring (bicyclic) bond motifs is 1. The standard InChI is InChI=1S/C19H16N4O3/c24-13-5-3-11(4-6-13)18-17-14(22-19-20-10-21-23(18)19)8-12(9-15(17)25)16-2-1-7-26-16/h1-7,10,12,18,24H,8-9H2,(H,20,21,22)/t12-,18+/m1/s1. The minimum absolute atomic E-state index is 0.0127. The summed E-state index contributed by atoms with van der Waals surface area (Å²) in [6.45, 7) is 0. The summed E-state index contributed by atoms with van der Waals surface area (Å²) < 4.78 is 7.24. The van der Waals surface area contributed by atoms with E-state index >= 15 is 0 Å². The van der Waals surface area contributed by atoms with Crippen molar-refractivity contribution in [1.82, 2.24) is 14.8 Å². The number of ketones is 1. The van der Waals surface area contributed by atoms with Crippen LogP contribution in [0.5, 0.6) is 5.75 Å². The van der Waals surface area contributed by atoms with Gasteiger partial charge in [-0.2, -0.15) is 10.1 Å². The number of phenols is 1. The monoisotopic (exact) mass is 348 g/mol. The van der Waals surface area contributed by atoms with Crippen LogP contribution in [-0.2, 0) is 4.79 Å². The second kappa shape index (κ2) is 5.59. The van der Waals surface area contributed by atoms with E-state index in [1.54, 1.807) is 23.1 Å². The van der Waals surface area contributed by atoms with Crippen molar-refractivity contribution in [3.05, 3.63) is 71.6 Å². The molecule has 7 heteroatoms. The van der Waals surface area contributed by atoms with Crippen LogP contribution < -0.4 is 5.32 Å². The van der Waals surface area contributed by atoms with Crippen molar-refractivity contribution in [2.24, 2.45) is 0 Å². The van der Waals surface area contributed by atoms with E-state index in [4.69, 9.17) is 4.42 Å². The lowest BCUT2D eigenvalue weighted by Gasteiger charge is -2.34. The maximum atomic E-state index is 13.1. The predicted octanol–water partition coefficient (Wildman–Crippen LogP) is 2.99. The number of hydrogen-bond donors (Lipinski definition) is 2. The summed E-state index contributed by atoms with van der Waals surface area (Å²) in [6.07, 6.45) is 4.18. The highest BCUT2D eigenvalue weighted by molar-refractivity contribution is 6.00. The van der Waals surface area contributed by atoms with Crippen LogP contribution in [0.1, 0.15) is 36.1 Å². The number of hydrogen-bond acceptors (Lipinski definition) is 6. The van der Waals surface area contributed by atoms with Gasteiger partial charge in [-0.25, -0.2) is 4.68 Å². The Balaban J connectivity index is 1.62. The van der Waals surface area contributed by atoms with Crippen LogP contribution in [0.15, 0.2) is 64.7 Å². The molecule has 0 unspecified atom stereocenters. The number of nitrogens with one attached hydrogen (secondary N) is 1. The first-order valence-corrected chi connectivity index (χ1v) is 8.46. The van der Waals surface area contributed by atoms with Gasteiger partial charge in [0.2, 0.25) is 5.95 Å². The van der Waals surface area contributed by atoms with Crippen molar-refractivity contribution in [1.29, 1.82) is 0 Å². The molecule has 2 atom stereocenters. The quantitative estimate of drug-likeness (QED) is 0.739. The van der Waals surface area contributed by atoms with E-state index in [-0.39, 0.29) is 23.5 Å². The summed E-state index contributed by atoms with van der Waals surface area (Å²) in [6, 6.07) is 10.3. The summed E-state index contributed by atoms with van der Waals surface area (Å²) in [5.41, 5.74) is 2.45. The van der Waals surface area contributed by atoms with Gasteiger partial charge in [0.1, 0.15) is 23.9 Å². The van der Waals surface area contributed by atoms with Gasteiger partial charge >= 0.3 is 0 Å². The lowest BCUT2D eigenvalue weighted by Crippen LogP contribution is -2.33. The number of aromatic nitrogens is 3. The Labute approximate surface area is 149 Å². The van der Waals surface area contributed by atoms with E-state index in [1.165, 1.54) is 6.33 Å². The van der Waals surface area contributed by atoms with E-state index in [2.05, 4.69) is 15.4 Å². The van der Waals surface area contributed by atoms with Crippen LogP contribution in [0.4, 0.5) is 5.95 Å². The summed E-state index contributed by atoms with van der Waals surface area (Å²) in [5.74, 6) is 1.69. The van der Waals surface area contributed by atoms with Crippen molar-refractivity contribution in [3.63, 3.8) is 0 Å². The Hall–Kier alpha value is -3.35. The van der Waals surface area contributed by atoms with Crippen LogP contribution in [0.3, 0.4) is 0 Å². The molecule has 1 aliphatic carbocycles. The molecule has 0 saturated heterocycles. The molecule has 2 aromatic heterocycles. The first-order valence-electron chi connectivity index (χ1n) is 8.46. The first-order chi connectivity index (χ1) is 12.7. The molecule has 5 rings (SSSR count). The van der Waals surface area contributed by atoms with E-state index in [1.807, 2.05) is 24.3 Å². The van der Waals surface area contributed by atoms with Gasteiger partial charge in [-0.1, -0.05) is 12.1 Å². The molecule has 1 aliphatic heterocycles. The molecule has 0 saturated carbocycles. The molecule has 3 aromatic rings. The Bertz CT molecular complexity index is 1000.